The van der Waals surface area contributed by atoms with Gasteiger partial charge in [-0.1, -0.05) is 0 Å². The Labute approximate surface area is 111 Å². The number of carbonyl (C=O) groups excluding carboxylic acids is 1. The molecule has 0 bridgehead atoms. The Morgan fingerprint density at radius 3 is 2.60 bits per heavy atom. The number of halogens is 3. The molecule has 0 spiro atoms. The first kappa shape index (κ1) is 13.9. The minimum atomic E-state index is -4.87. The fraction of sp³-hybridized carbons (Fsp3) is 0.0769. The van der Waals surface area contributed by atoms with Crippen molar-refractivity contribution in [3.05, 3.63) is 53.9 Å². The van der Waals surface area contributed by atoms with Gasteiger partial charge in [0.25, 0.3) is 0 Å². The number of ketones is 1. The molecule has 1 N–H and O–H groups in total. The van der Waals surface area contributed by atoms with E-state index >= 15 is 0 Å². The van der Waals surface area contributed by atoms with Crippen molar-refractivity contribution in [2.24, 2.45) is 0 Å². The van der Waals surface area contributed by atoms with Crippen molar-refractivity contribution in [1.29, 1.82) is 0 Å². The van der Waals surface area contributed by atoms with Gasteiger partial charge in [-0.15, -0.1) is 13.2 Å². The number of hydrogen-bond donors (Lipinski definition) is 1. The van der Waals surface area contributed by atoms with Gasteiger partial charge in [0, 0.05) is 18.0 Å². The molecular weight excluding hydrogens is 275 g/mol. The number of aromatic nitrogens is 1. The highest BCUT2D eigenvalue weighted by Crippen LogP contribution is 2.29. The van der Waals surface area contributed by atoms with Crippen LogP contribution in [0.4, 0.5) is 13.2 Å². The number of alkyl halides is 3. The van der Waals surface area contributed by atoms with E-state index in [9.17, 15) is 23.1 Å². The monoisotopic (exact) mass is 283 g/mol. The zero-order valence-corrected chi connectivity index (χ0v) is 9.89. The Balaban J connectivity index is 2.36. The second kappa shape index (κ2) is 5.20. The highest BCUT2D eigenvalue weighted by atomic mass is 19.4. The molecule has 4 nitrogen and oxygen atoms in total. The van der Waals surface area contributed by atoms with Crippen LogP contribution in [0.25, 0.3) is 0 Å². The predicted molar refractivity (Wildman–Crippen MR) is 62.5 cm³/mol. The van der Waals surface area contributed by atoms with E-state index in [2.05, 4.69) is 9.72 Å². The number of benzene rings is 1. The number of pyridine rings is 1. The zero-order chi connectivity index (χ0) is 14.8. The van der Waals surface area contributed by atoms with Crippen molar-refractivity contribution in [3.63, 3.8) is 0 Å². The van der Waals surface area contributed by atoms with Crippen LogP contribution in [0.3, 0.4) is 0 Å². The normalized spacial score (nSPS) is 11.2. The van der Waals surface area contributed by atoms with Crippen LogP contribution >= 0.6 is 0 Å². The summed E-state index contributed by atoms with van der Waals surface area (Å²) in [6.45, 7) is 0. The Kier molecular flexibility index (Phi) is 3.60. The van der Waals surface area contributed by atoms with Gasteiger partial charge in [0.2, 0.25) is 0 Å². The van der Waals surface area contributed by atoms with Gasteiger partial charge in [-0.2, -0.15) is 0 Å². The summed E-state index contributed by atoms with van der Waals surface area (Å²) in [5.41, 5.74) is -0.147. The minimum absolute atomic E-state index is 0.145. The van der Waals surface area contributed by atoms with Gasteiger partial charge in [-0.3, -0.25) is 9.78 Å². The van der Waals surface area contributed by atoms with Crippen LogP contribution in [0, 0.1) is 0 Å². The van der Waals surface area contributed by atoms with E-state index in [1.54, 1.807) is 0 Å². The van der Waals surface area contributed by atoms with Gasteiger partial charge in [-0.05, 0) is 30.3 Å². The van der Waals surface area contributed by atoms with Crippen molar-refractivity contribution < 1.29 is 27.8 Å². The summed E-state index contributed by atoms with van der Waals surface area (Å²) in [4.78, 5) is 15.8. The molecule has 0 amide bonds. The molecule has 0 saturated heterocycles. The molecule has 1 aromatic heterocycles. The maximum Gasteiger partial charge on any atom is 0.573 e. The van der Waals surface area contributed by atoms with E-state index in [4.69, 9.17) is 0 Å². The van der Waals surface area contributed by atoms with Gasteiger partial charge in [0.05, 0.1) is 5.56 Å². The summed E-state index contributed by atoms with van der Waals surface area (Å²) in [6, 6.07) is 5.65. The van der Waals surface area contributed by atoms with Gasteiger partial charge in [0.1, 0.15) is 11.5 Å². The molecule has 2 rings (SSSR count). The molecule has 7 heteroatoms. The van der Waals surface area contributed by atoms with Crippen LogP contribution in [0.2, 0.25) is 0 Å². The van der Waals surface area contributed by atoms with Crippen LogP contribution in [-0.4, -0.2) is 22.2 Å². The first-order valence-corrected chi connectivity index (χ1v) is 5.40. The van der Waals surface area contributed by atoms with Crippen LogP contribution in [-0.2, 0) is 0 Å². The molecule has 0 atom stereocenters. The van der Waals surface area contributed by atoms with Crippen LogP contribution < -0.4 is 4.74 Å². The molecule has 104 valence electrons. The number of ether oxygens (including phenoxy) is 1. The molecule has 20 heavy (non-hydrogen) atoms. The molecule has 1 aromatic carbocycles. The SMILES string of the molecule is O=C(c1cccnc1)c1cc(OC(F)(F)F)ccc1O. The van der Waals surface area contributed by atoms with Crippen molar-refractivity contribution >= 4 is 5.78 Å². The lowest BCUT2D eigenvalue weighted by atomic mass is 10.0. The number of phenols is 1. The average Bonchev–Trinajstić information content (AvgIpc) is 2.40. The Morgan fingerprint density at radius 1 is 1.25 bits per heavy atom. The largest absolute Gasteiger partial charge is 0.573 e. The van der Waals surface area contributed by atoms with E-state index in [-0.39, 0.29) is 11.1 Å². The lowest BCUT2D eigenvalue weighted by molar-refractivity contribution is -0.274. The molecule has 2 aromatic rings. The molecule has 0 aliphatic carbocycles. The van der Waals surface area contributed by atoms with Crippen molar-refractivity contribution in [2.45, 2.75) is 6.36 Å². The summed E-state index contributed by atoms with van der Waals surface area (Å²) in [6.07, 6.45) is -2.18. The van der Waals surface area contributed by atoms with E-state index < -0.39 is 23.6 Å². The summed E-state index contributed by atoms with van der Waals surface area (Å²) >= 11 is 0. The summed E-state index contributed by atoms with van der Waals surface area (Å²) in [5.74, 6) is -1.67. The van der Waals surface area contributed by atoms with E-state index in [1.807, 2.05) is 0 Å². The quantitative estimate of drug-likeness (QED) is 0.880. The van der Waals surface area contributed by atoms with E-state index in [0.717, 1.165) is 18.2 Å². The van der Waals surface area contributed by atoms with E-state index in [0.29, 0.717) is 0 Å². The Morgan fingerprint density at radius 2 is 2.00 bits per heavy atom. The molecule has 0 aliphatic rings. The molecule has 0 aliphatic heterocycles. The Hall–Kier alpha value is -2.57. The highest BCUT2D eigenvalue weighted by Gasteiger charge is 2.31. The lowest BCUT2D eigenvalue weighted by Crippen LogP contribution is -2.17. The number of phenolic OH excluding ortho intramolecular Hbond substituents is 1. The average molecular weight is 283 g/mol. The third-order valence-electron chi connectivity index (χ3n) is 2.37. The van der Waals surface area contributed by atoms with Crippen LogP contribution in [0.5, 0.6) is 11.5 Å². The number of carbonyl (C=O) groups is 1. The first-order chi connectivity index (χ1) is 9.37. The smallest absolute Gasteiger partial charge is 0.507 e. The zero-order valence-electron chi connectivity index (χ0n) is 9.89. The minimum Gasteiger partial charge on any atom is -0.507 e. The van der Waals surface area contributed by atoms with Gasteiger partial charge in [-0.25, -0.2) is 0 Å². The molecule has 0 saturated carbocycles. The van der Waals surface area contributed by atoms with Gasteiger partial charge >= 0.3 is 6.36 Å². The predicted octanol–water partition coefficient (Wildman–Crippen LogP) is 2.92. The Bertz CT molecular complexity index is 627. The third kappa shape index (κ3) is 3.25. The lowest BCUT2D eigenvalue weighted by Gasteiger charge is -2.10. The third-order valence-corrected chi connectivity index (χ3v) is 2.37. The van der Waals surface area contributed by atoms with Crippen molar-refractivity contribution in [3.8, 4) is 11.5 Å². The fourth-order valence-electron chi connectivity index (χ4n) is 1.55. The van der Waals surface area contributed by atoms with Crippen molar-refractivity contribution in [1.82, 2.24) is 4.98 Å². The van der Waals surface area contributed by atoms with Crippen LogP contribution in [0.15, 0.2) is 42.7 Å². The number of hydrogen-bond acceptors (Lipinski definition) is 4. The maximum atomic E-state index is 12.1. The molecule has 0 unspecified atom stereocenters. The van der Waals surface area contributed by atoms with E-state index in [1.165, 1.54) is 24.5 Å². The number of aromatic hydroxyl groups is 1. The molecule has 0 fully saturated rings. The van der Waals surface area contributed by atoms with Crippen molar-refractivity contribution in [2.75, 3.05) is 0 Å². The van der Waals surface area contributed by atoms with Crippen LogP contribution in [0.1, 0.15) is 15.9 Å². The summed E-state index contributed by atoms with van der Waals surface area (Å²) < 4.78 is 40.1. The summed E-state index contributed by atoms with van der Waals surface area (Å²) in [5, 5.41) is 9.59. The maximum absolute atomic E-state index is 12.1. The number of nitrogens with zero attached hydrogens (tertiary/aromatic N) is 1. The molecule has 1 heterocycles. The van der Waals surface area contributed by atoms with Gasteiger partial charge < -0.3 is 9.84 Å². The second-order valence-corrected chi connectivity index (χ2v) is 3.80. The molecule has 0 radical (unpaired) electrons. The number of rotatable bonds is 3. The molecular formula is C13H8F3NO3. The fourth-order valence-corrected chi connectivity index (χ4v) is 1.55. The standard InChI is InChI=1S/C13H8F3NO3/c14-13(15,16)20-9-3-4-11(18)10(6-9)12(19)8-2-1-5-17-7-8/h1-7,18H. The highest BCUT2D eigenvalue weighted by molar-refractivity contribution is 6.10. The second-order valence-electron chi connectivity index (χ2n) is 3.80. The summed E-state index contributed by atoms with van der Waals surface area (Å²) in [7, 11) is 0. The van der Waals surface area contributed by atoms with Gasteiger partial charge in [0.15, 0.2) is 5.78 Å². The topological polar surface area (TPSA) is 59.4 Å². The first-order valence-electron chi connectivity index (χ1n) is 5.40.